The van der Waals surface area contributed by atoms with Gasteiger partial charge in [0.1, 0.15) is 0 Å². The van der Waals surface area contributed by atoms with Crippen LogP contribution in [-0.4, -0.2) is 71.7 Å². The van der Waals surface area contributed by atoms with Crippen molar-refractivity contribution in [2.24, 2.45) is 0 Å². The third-order valence-electron chi connectivity index (χ3n) is 2.02. The second-order valence-corrected chi connectivity index (χ2v) is 8.78. The molecule has 148 valence electrons. The molecule has 0 fully saturated rings. The molecule has 0 radical (unpaired) electrons. The fourth-order valence-electron chi connectivity index (χ4n) is 0.912. The smallest absolute Gasteiger partial charge is 0.421 e. The van der Waals surface area contributed by atoms with E-state index in [0.29, 0.717) is 6.61 Å². The van der Waals surface area contributed by atoms with E-state index in [2.05, 4.69) is 21.1 Å². The van der Waals surface area contributed by atoms with Gasteiger partial charge in [0, 0.05) is 6.61 Å². The van der Waals surface area contributed by atoms with Gasteiger partial charge >= 0.3 is 11.0 Å². The summed E-state index contributed by atoms with van der Waals surface area (Å²) in [7, 11) is -6.95. The first-order valence-electron chi connectivity index (χ1n) is 6.05. The van der Waals surface area contributed by atoms with Gasteiger partial charge in [0.15, 0.2) is 20.0 Å². The zero-order valence-electron chi connectivity index (χ0n) is 12.9. The molecule has 0 aliphatic heterocycles. The lowest BCUT2D eigenvalue weighted by atomic mass is 10.3. The average Bonchev–Trinajstić information content (AvgIpc) is 2.23. The molecule has 0 aromatic rings. The molecule has 0 aromatic carbocycles. The highest BCUT2D eigenvalue weighted by Gasteiger charge is 2.46. The van der Waals surface area contributed by atoms with Crippen molar-refractivity contribution in [2.75, 3.05) is 34.3 Å². The van der Waals surface area contributed by atoms with Crippen molar-refractivity contribution in [3.8, 4) is 0 Å². The first kappa shape index (κ1) is 25.6. The van der Waals surface area contributed by atoms with Gasteiger partial charge in [-0.25, -0.2) is 16.8 Å². The summed E-state index contributed by atoms with van der Waals surface area (Å²) in [4.78, 5) is 0. The predicted octanol–water partition coefficient (Wildman–Crippen LogP) is 1.52. The highest BCUT2D eigenvalue weighted by atomic mass is 32.3. The molecule has 0 aromatic heterocycles. The Hall–Kier alpha value is -0.640. The number of aliphatic hydroxyl groups excluding tert-OH is 1. The number of aliphatic hydroxyl groups is 1. The van der Waals surface area contributed by atoms with Gasteiger partial charge in [-0.3, -0.25) is 0 Å². The number of rotatable bonds is 6. The minimum absolute atomic E-state index is 0.333. The van der Waals surface area contributed by atoms with Gasteiger partial charge in [0.05, 0.1) is 27.7 Å². The van der Waals surface area contributed by atoms with Crippen LogP contribution in [0.25, 0.3) is 4.13 Å². The summed E-state index contributed by atoms with van der Waals surface area (Å²) in [5, 5.41) is 8.46. The summed E-state index contributed by atoms with van der Waals surface area (Å²) in [6.07, 6.45) is 2.06. The molecule has 0 saturated carbocycles. The van der Waals surface area contributed by atoms with Gasteiger partial charge in [-0.05, 0) is 12.8 Å². The predicted molar refractivity (Wildman–Crippen MR) is 72.5 cm³/mol. The lowest BCUT2D eigenvalue weighted by molar-refractivity contribution is -0.870. The van der Waals surface area contributed by atoms with Crippen LogP contribution in [0, 0.1) is 0 Å². The monoisotopic (exact) mass is 412 g/mol. The van der Waals surface area contributed by atoms with Gasteiger partial charge in [0.25, 0.3) is 0 Å². The molecule has 0 spiro atoms. The Labute approximate surface area is 135 Å². The minimum atomic E-state index is -6.72. The van der Waals surface area contributed by atoms with E-state index in [-0.39, 0.29) is 0 Å². The summed E-state index contributed by atoms with van der Waals surface area (Å²) >= 11 is 0. The number of nitrogens with zero attached hydrogens (tertiary/aromatic N) is 2. The van der Waals surface area contributed by atoms with Crippen molar-refractivity contribution in [1.29, 1.82) is 0 Å². The van der Waals surface area contributed by atoms with Crippen LogP contribution in [-0.2, 0) is 20.0 Å². The lowest BCUT2D eigenvalue weighted by Crippen LogP contribution is -2.35. The van der Waals surface area contributed by atoms with E-state index in [9.17, 15) is 43.2 Å². The number of halogens is 6. The van der Waals surface area contributed by atoms with Crippen LogP contribution in [0.3, 0.4) is 0 Å². The lowest BCUT2D eigenvalue weighted by Gasteiger charge is -2.23. The van der Waals surface area contributed by atoms with E-state index < -0.39 is 31.1 Å². The first-order valence-corrected chi connectivity index (χ1v) is 8.93. The Morgan fingerprint density at radius 2 is 1.17 bits per heavy atom. The molecule has 0 amide bonds. The number of sulfonamides is 2. The van der Waals surface area contributed by atoms with Gasteiger partial charge in [-0.15, -0.1) is 0 Å². The molecule has 0 rings (SSSR count). The Morgan fingerprint density at radius 3 is 1.38 bits per heavy atom. The summed E-state index contributed by atoms with van der Waals surface area (Å²) in [5.41, 5.74) is -12.4. The van der Waals surface area contributed by atoms with Crippen molar-refractivity contribution in [1.82, 2.24) is 0 Å². The number of alkyl halides is 6. The third kappa shape index (κ3) is 10.3. The molecular weight excluding hydrogens is 394 g/mol. The van der Waals surface area contributed by atoms with Gasteiger partial charge < -0.3 is 13.7 Å². The molecule has 0 atom stereocenters. The normalized spacial score (nSPS) is 14.1. The molecule has 0 saturated heterocycles. The third-order valence-corrected chi connectivity index (χ3v) is 4.76. The molecule has 0 aliphatic carbocycles. The molecular formula is C9H18F6N2O5S2. The molecule has 0 unspecified atom stereocenters. The minimum Gasteiger partial charge on any atom is -0.421 e. The van der Waals surface area contributed by atoms with Crippen molar-refractivity contribution in [3.05, 3.63) is 4.13 Å². The molecule has 7 nitrogen and oxygen atoms in total. The molecule has 0 aliphatic rings. The van der Waals surface area contributed by atoms with Crippen molar-refractivity contribution >= 4 is 20.0 Å². The number of hydrogen-bond donors (Lipinski definition) is 1. The molecule has 24 heavy (non-hydrogen) atoms. The maximum absolute atomic E-state index is 11.4. The summed E-state index contributed by atoms with van der Waals surface area (Å²) in [6.45, 7) is 1.49. The zero-order valence-corrected chi connectivity index (χ0v) is 14.5. The summed E-state index contributed by atoms with van der Waals surface area (Å²) < 4.78 is 110. The number of quaternary nitrogens is 1. The molecule has 15 heteroatoms. The first-order chi connectivity index (χ1) is 10.3. The maximum Gasteiger partial charge on any atom is 0.480 e. The van der Waals surface area contributed by atoms with Crippen molar-refractivity contribution < 1.29 is 52.8 Å². The average molecular weight is 412 g/mol. The van der Waals surface area contributed by atoms with Crippen molar-refractivity contribution in [3.63, 3.8) is 0 Å². The van der Waals surface area contributed by atoms with Crippen LogP contribution >= 0.6 is 0 Å². The summed E-state index contributed by atoms with van der Waals surface area (Å²) in [6, 6.07) is 0. The van der Waals surface area contributed by atoms with E-state index in [4.69, 9.17) is 5.11 Å². The van der Waals surface area contributed by atoms with Crippen LogP contribution in [0.5, 0.6) is 0 Å². The largest absolute Gasteiger partial charge is 0.480 e. The molecule has 0 heterocycles. The standard InChI is InChI=1S/C7H18NO.C2F6NO4S2/c1-8(2,3)6-4-5-7-9;3-1(4,5)14(10,11)9-15(12,13)2(6,7)8/h9H,4-7H2,1-3H3;/q+1;-1. The quantitative estimate of drug-likeness (QED) is 0.405. The topological polar surface area (TPSA) is 103 Å². The van der Waals surface area contributed by atoms with E-state index in [1.807, 2.05) is 0 Å². The van der Waals surface area contributed by atoms with Crippen LogP contribution in [0.4, 0.5) is 26.3 Å². The van der Waals surface area contributed by atoms with Gasteiger partial charge in [0.2, 0.25) is 0 Å². The number of hydrogen-bond acceptors (Lipinski definition) is 5. The molecule has 1 N–H and O–H groups in total. The van der Waals surface area contributed by atoms with Crippen LogP contribution < -0.4 is 0 Å². The Bertz CT molecular complexity index is 535. The van der Waals surface area contributed by atoms with Gasteiger partial charge in [-0.2, -0.15) is 26.3 Å². The zero-order chi connectivity index (χ0) is 20.0. The Morgan fingerprint density at radius 1 is 0.833 bits per heavy atom. The van der Waals surface area contributed by atoms with Gasteiger partial charge in [-0.1, -0.05) is 0 Å². The van der Waals surface area contributed by atoms with Crippen LogP contribution in [0.2, 0.25) is 0 Å². The van der Waals surface area contributed by atoms with Crippen molar-refractivity contribution in [2.45, 2.75) is 23.9 Å². The van der Waals surface area contributed by atoms with E-state index in [1.165, 1.54) is 0 Å². The summed E-state index contributed by atoms with van der Waals surface area (Å²) in [5.74, 6) is 0. The highest BCUT2D eigenvalue weighted by molar-refractivity contribution is 8.13. The maximum atomic E-state index is 11.4. The van der Waals surface area contributed by atoms with Crippen LogP contribution in [0.1, 0.15) is 12.8 Å². The fourth-order valence-corrected chi connectivity index (χ4v) is 2.62. The van der Waals surface area contributed by atoms with E-state index in [1.54, 1.807) is 0 Å². The van der Waals surface area contributed by atoms with E-state index in [0.717, 1.165) is 28.0 Å². The molecule has 0 bridgehead atoms. The van der Waals surface area contributed by atoms with Crippen LogP contribution in [0.15, 0.2) is 0 Å². The SMILES string of the molecule is C[N+](C)(C)CCCCO.O=S(=O)([N-]S(=O)(=O)C(F)(F)F)C(F)(F)F. The highest BCUT2D eigenvalue weighted by Crippen LogP contribution is 2.36. The Kier molecular flexibility index (Phi) is 9.22. The second-order valence-electron chi connectivity index (χ2n) is 5.36. The fraction of sp³-hybridized carbons (Fsp3) is 1.00. The van der Waals surface area contributed by atoms with E-state index >= 15 is 0 Å². The second kappa shape index (κ2) is 8.64. The number of unbranched alkanes of at least 4 members (excludes halogenated alkanes) is 1. The Balaban J connectivity index is 0.